The molecule has 7 heteroatoms. The first-order chi connectivity index (χ1) is 13.4. The van der Waals surface area contributed by atoms with E-state index in [9.17, 15) is 4.79 Å². The Labute approximate surface area is 172 Å². The highest BCUT2D eigenvalue weighted by Crippen LogP contribution is 2.23. The van der Waals surface area contributed by atoms with Gasteiger partial charge in [-0.3, -0.25) is 9.69 Å². The van der Waals surface area contributed by atoms with Gasteiger partial charge in [-0.1, -0.05) is 29.8 Å². The molecule has 0 radical (unpaired) electrons. The minimum absolute atomic E-state index is 0.298. The summed E-state index contributed by atoms with van der Waals surface area (Å²) in [5.41, 5.74) is 8.01. The summed E-state index contributed by atoms with van der Waals surface area (Å²) in [7, 11) is 1.90. The van der Waals surface area contributed by atoms with Crippen LogP contribution in [0.15, 0.2) is 24.3 Å². The molecule has 2 aromatic rings. The number of hydrogen-bond acceptors (Lipinski definition) is 4. The summed E-state index contributed by atoms with van der Waals surface area (Å²) in [6.45, 7) is 5.00. The van der Waals surface area contributed by atoms with Gasteiger partial charge in [-0.25, -0.2) is 4.68 Å². The van der Waals surface area contributed by atoms with Crippen molar-refractivity contribution in [3.63, 3.8) is 0 Å². The van der Waals surface area contributed by atoms with Crippen LogP contribution >= 0.6 is 12.2 Å². The van der Waals surface area contributed by atoms with E-state index in [0.717, 1.165) is 24.8 Å². The third-order valence-corrected chi connectivity index (χ3v) is 6.21. The number of carbonyl (C=O) groups is 1. The molecule has 0 atom stereocenters. The van der Waals surface area contributed by atoms with Gasteiger partial charge in [-0.2, -0.15) is 5.10 Å². The van der Waals surface area contributed by atoms with E-state index in [0.29, 0.717) is 24.3 Å². The molecule has 2 heterocycles. The molecule has 1 saturated heterocycles. The number of nitrogens with zero attached hydrogens (tertiary/aromatic N) is 4. The van der Waals surface area contributed by atoms with E-state index in [1.54, 1.807) is 0 Å². The number of amides is 1. The van der Waals surface area contributed by atoms with Crippen LogP contribution in [0, 0.1) is 17.6 Å². The Balaban J connectivity index is 1.47. The molecule has 1 aromatic heterocycles. The Bertz CT molecular complexity index is 847. The minimum atomic E-state index is -0.312. The van der Waals surface area contributed by atoms with Gasteiger partial charge < -0.3 is 10.3 Å². The standard InChI is InChI=1S/C21H31N5OS/c1-16-3-5-17(6-4-16)7-8-18-11-13-25(14-12-18)15-26-21(28)24(2)20(23-26)10-9-19(22)27/h3-6,18H,7-15H2,1-2H3,(H2,22,27). The SMILES string of the molecule is Cc1ccc(CCC2CCN(Cn3nc(CCC(N)=O)n(C)c3=S)CC2)cc1. The van der Waals surface area contributed by atoms with E-state index in [2.05, 4.69) is 41.2 Å². The quantitative estimate of drug-likeness (QED) is 0.691. The van der Waals surface area contributed by atoms with Crippen molar-refractivity contribution in [2.75, 3.05) is 13.1 Å². The number of piperidine rings is 1. The van der Waals surface area contributed by atoms with Crippen LogP contribution < -0.4 is 5.73 Å². The highest BCUT2D eigenvalue weighted by atomic mass is 32.1. The lowest BCUT2D eigenvalue weighted by atomic mass is 9.90. The van der Waals surface area contributed by atoms with E-state index in [1.807, 2.05) is 16.3 Å². The monoisotopic (exact) mass is 401 g/mol. The summed E-state index contributed by atoms with van der Waals surface area (Å²) in [6.07, 6.45) is 5.70. The van der Waals surface area contributed by atoms with Gasteiger partial charge in [-0.05, 0) is 56.3 Å². The molecule has 2 N–H and O–H groups in total. The number of aryl methyl sites for hydroxylation is 3. The van der Waals surface area contributed by atoms with E-state index in [1.165, 1.54) is 36.8 Å². The number of carbonyl (C=O) groups excluding carboxylic acids is 1. The van der Waals surface area contributed by atoms with Gasteiger partial charge in [-0.15, -0.1) is 0 Å². The zero-order valence-electron chi connectivity index (χ0n) is 16.9. The van der Waals surface area contributed by atoms with Crippen molar-refractivity contribution in [3.8, 4) is 0 Å². The molecule has 0 aliphatic carbocycles. The normalized spacial score (nSPS) is 15.8. The molecule has 1 fully saturated rings. The molecule has 3 rings (SSSR count). The topological polar surface area (TPSA) is 69.1 Å². The fraction of sp³-hybridized carbons (Fsp3) is 0.571. The summed E-state index contributed by atoms with van der Waals surface area (Å²) in [6, 6.07) is 8.91. The molecular weight excluding hydrogens is 370 g/mol. The lowest BCUT2D eigenvalue weighted by molar-refractivity contribution is -0.118. The van der Waals surface area contributed by atoms with E-state index in [4.69, 9.17) is 18.0 Å². The molecule has 1 aromatic carbocycles. The Hall–Kier alpha value is -1.99. The van der Waals surface area contributed by atoms with Crippen LogP contribution in [0.1, 0.15) is 42.6 Å². The molecule has 0 spiro atoms. The second-order valence-electron chi connectivity index (χ2n) is 7.95. The van der Waals surface area contributed by atoms with Crippen molar-refractivity contribution < 1.29 is 4.79 Å². The van der Waals surface area contributed by atoms with Gasteiger partial charge >= 0.3 is 0 Å². The fourth-order valence-electron chi connectivity index (χ4n) is 3.81. The van der Waals surface area contributed by atoms with E-state index in [-0.39, 0.29) is 5.91 Å². The van der Waals surface area contributed by atoms with Crippen molar-refractivity contribution in [1.29, 1.82) is 0 Å². The summed E-state index contributed by atoms with van der Waals surface area (Å²) in [5.74, 6) is 1.30. The van der Waals surface area contributed by atoms with Gasteiger partial charge in [0.2, 0.25) is 5.91 Å². The minimum Gasteiger partial charge on any atom is -0.370 e. The van der Waals surface area contributed by atoms with Gasteiger partial charge in [0, 0.05) is 33.0 Å². The fourth-order valence-corrected chi connectivity index (χ4v) is 4.01. The first-order valence-corrected chi connectivity index (χ1v) is 10.5. The van der Waals surface area contributed by atoms with Crippen LogP contribution in [0.2, 0.25) is 0 Å². The Morgan fingerprint density at radius 1 is 1.21 bits per heavy atom. The summed E-state index contributed by atoms with van der Waals surface area (Å²) >= 11 is 5.51. The number of benzene rings is 1. The van der Waals surface area contributed by atoms with Gasteiger partial charge in [0.1, 0.15) is 5.82 Å². The number of primary amides is 1. The molecule has 152 valence electrons. The lowest BCUT2D eigenvalue weighted by Gasteiger charge is -2.31. The maximum Gasteiger partial charge on any atom is 0.217 e. The zero-order valence-corrected chi connectivity index (χ0v) is 17.7. The maximum atomic E-state index is 11.0. The predicted molar refractivity (Wildman–Crippen MR) is 113 cm³/mol. The van der Waals surface area contributed by atoms with Gasteiger partial charge in [0.25, 0.3) is 0 Å². The number of hydrogen-bond donors (Lipinski definition) is 1. The third-order valence-electron chi connectivity index (χ3n) is 5.73. The molecule has 0 bridgehead atoms. The average molecular weight is 402 g/mol. The molecule has 28 heavy (non-hydrogen) atoms. The van der Waals surface area contributed by atoms with Crippen LogP contribution in [0.4, 0.5) is 0 Å². The summed E-state index contributed by atoms with van der Waals surface area (Å²) < 4.78 is 4.45. The van der Waals surface area contributed by atoms with Crippen LogP contribution in [0.25, 0.3) is 0 Å². The molecule has 1 aliphatic heterocycles. The van der Waals surface area contributed by atoms with Crippen LogP contribution in [0.3, 0.4) is 0 Å². The molecule has 0 unspecified atom stereocenters. The van der Waals surface area contributed by atoms with Crippen molar-refractivity contribution >= 4 is 18.1 Å². The first kappa shape index (κ1) is 20.7. The Morgan fingerprint density at radius 3 is 2.54 bits per heavy atom. The van der Waals surface area contributed by atoms with Gasteiger partial charge in [0.15, 0.2) is 4.77 Å². The second kappa shape index (κ2) is 9.47. The summed E-state index contributed by atoms with van der Waals surface area (Å²) in [5, 5.41) is 4.60. The first-order valence-electron chi connectivity index (χ1n) is 10.1. The van der Waals surface area contributed by atoms with Crippen molar-refractivity contribution in [3.05, 3.63) is 46.0 Å². The van der Waals surface area contributed by atoms with Crippen LogP contribution in [-0.4, -0.2) is 38.2 Å². The lowest BCUT2D eigenvalue weighted by Crippen LogP contribution is -2.35. The molecular formula is C21H31N5OS. The molecule has 6 nitrogen and oxygen atoms in total. The predicted octanol–water partition coefficient (Wildman–Crippen LogP) is 2.98. The zero-order chi connectivity index (χ0) is 20.1. The highest BCUT2D eigenvalue weighted by molar-refractivity contribution is 7.71. The van der Waals surface area contributed by atoms with Crippen molar-refractivity contribution in [1.82, 2.24) is 19.2 Å². The molecule has 0 saturated carbocycles. The van der Waals surface area contributed by atoms with Gasteiger partial charge in [0.05, 0.1) is 6.67 Å². The highest BCUT2D eigenvalue weighted by Gasteiger charge is 2.20. The molecule has 1 aliphatic rings. The number of rotatable bonds is 8. The third kappa shape index (κ3) is 5.52. The smallest absolute Gasteiger partial charge is 0.217 e. The van der Waals surface area contributed by atoms with Crippen molar-refractivity contribution in [2.45, 2.75) is 52.1 Å². The Kier molecular flexibility index (Phi) is 7.02. The number of aromatic nitrogens is 3. The summed E-state index contributed by atoms with van der Waals surface area (Å²) in [4.78, 5) is 13.4. The van der Waals surface area contributed by atoms with E-state index < -0.39 is 0 Å². The largest absolute Gasteiger partial charge is 0.370 e. The Morgan fingerprint density at radius 2 is 1.89 bits per heavy atom. The van der Waals surface area contributed by atoms with Crippen LogP contribution in [0.5, 0.6) is 0 Å². The maximum absolute atomic E-state index is 11.0. The second-order valence-corrected chi connectivity index (χ2v) is 8.32. The van der Waals surface area contributed by atoms with E-state index >= 15 is 0 Å². The average Bonchev–Trinajstić information content (AvgIpc) is 2.95. The van der Waals surface area contributed by atoms with Crippen molar-refractivity contribution in [2.24, 2.45) is 18.7 Å². The number of nitrogens with two attached hydrogens (primary N) is 1. The number of likely N-dealkylation sites (tertiary alicyclic amines) is 1. The molecule has 1 amide bonds. The van der Waals surface area contributed by atoms with Crippen LogP contribution in [-0.2, 0) is 31.4 Å².